The largest absolute Gasteiger partial charge is 0.461 e. The van der Waals surface area contributed by atoms with Gasteiger partial charge in [0.15, 0.2) is 12.6 Å². The van der Waals surface area contributed by atoms with Crippen molar-refractivity contribution in [3.05, 3.63) is 108 Å². The number of carbonyl (C=O) groups excluding carboxylic acids is 3. The van der Waals surface area contributed by atoms with Crippen LogP contribution in [0.5, 0.6) is 0 Å². The molecule has 46 heavy (non-hydrogen) atoms. The summed E-state index contributed by atoms with van der Waals surface area (Å²) in [5.41, 5.74) is 2.60. The lowest BCUT2D eigenvalue weighted by atomic mass is 9.95. The SMILES string of the molecule is CC(=O)N[C@@H]1C(OC(C)C(=O)NCCC(=O)OCc2ccccc2)[C@H]2OC(c3ccccc3)OCC2O[C@@H]1OCc1ccccc1. The van der Waals surface area contributed by atoms with E-state index in [1.807, 2.05) is 91.0 Å². The van der Waals surface area contributed by atoms with E-state index in [1.165, 1.54) is 6.92 Å². The van der Waals surface area contributed by atoms with Crippen molar-refractivity contribution >= 4 is 17.8 Å². The number of hydrogen-bond acceptors (Lipinski definition) is 9. The number of esters is 1. The summed E-state index contributed by atoms with van der Waals surface area (Å²) in [5, 5.41) is 5.65. The minimum atomic E-state index is -0.975. The molecule has 11 heteroatoms. The minimum absolute atomic E-state index is 0.00359. The topological polar surface area (TPSA) is 131 Å². The van der Waals surface area contributed by atoms with Crippen molar-refractivity contribution in [1.29, 1.82) is 0 Å². The molecular weight excluding hydrogens is 592 g/mol. The molecule has 0 saturated carbocycles. The zero-order valence-electron chi connectivity index (χ0n) is 25.9. The molecule has 0 spiro atoms. The number of carbonyl (C=O) groups is 3. The standard InChI is InChI=1S/C35H40N2O9/c1-23(33(40)36-19-18-29(39)41-20-25-12-6-3-7-13-25)44-32-30(37-24(2)38)35(42-21-26-14-8-4-9-15-26)45-28-22-43-34(46-31(28)32)27-16-10-5-11-17-27/h3-17,23,28,30-32,34-35H,18-22H2,1-2H3,(H,36,40)(H,37,38)/t23?,28?,30-,31+,32?,34?,35+/m1/s1. The molecule has 2 aliphatic rings. The molecule has 0 bridgehead atoms. The molecule has 3 aromatic rings. The van der Waals surface area contributed by atoms with Crippen molar-refractivity contribution < 1.29 is 42.8 Å². The van der Waals surface area contributed by atoms with Gasteiger partial charge >= 0.3 is 5.97 Å². The van der Waals surface area contributed by atoms with Crippen LogP contribution in [0.3, 0.4) is 0 Å². The Balaban J connectivity index is 1.26. The fraction of sp³-hybridized carbons (Fsp3) is 0.400. The van der Waals surface area contributed by atoms with E-state index >= 15 is 0 Å². The molecule has 244 valence electrons. The van der Waals surface area contributed by atoms with E-state index < -0.39 is 54.9 Å². The van der Waals surface area contributed by atoms with Crippen LogP contribution in [0.2, 0.25) is 0 Å². The highest BCUT2D eigenvalue weighted by Crippen LogP contribution is 2.36. The summed E-state index contributed by atoms with van der Waals surface area (Å²) in [6.07, 6.45) is -4.78. The van der Waals surface area contributed by atoms with Gasteiger partial charge in [0, 0.05) is 19.0 Å². The van der Waals surface area contributed by atoms with Crippen molar-refractivity contribution in [3.63, 3.8) is 0 Å². The van der Waals surface area contributed by atoms with Gasteiger partial charge in [0.25, 0.3) is 0 Å². The van der Waals surface area contributed by atoms with Crippen molar-refractivity contribution in [2.45, 2.75) is 76.5 Å². The van der Waals surface area contributed by atoms with Gasteiger partial charge in [-0.1, -0.05) is 91.0 Å². The van der Waals surface area contributed by atoms with Crippen LogP contribution in [0.15, 0.2) is 91.0 Å². The molecule has 2 aliphatic heterocycles. The summed E-state index contributed by atoms with van der Waals surface area (Å²) in [5.74, 6) is -1.20. The van der Waals surface area contributed by atoms with E-state index in [-0.39, 0.29) is 38.7 Å². The Morgan fingerprint density at radius 2 is 1.50 bits per heavy atom. The number of benzene rings is 3. The Kier molecular flexibility index (Phi) is 11.9. The number of rotatable bonds is 13. The smallest absolute Gasteiger partial charge is 0.307 e. The summed E-state index contributed by atoms with van der Waals surface area (Å²) < 4.78 is 36.6. The first-order valence-electron chi connectivity index (χ1n) is 15.4. The van der Waals surface area contributed by atoms with Gasteiger partial charge < -0.3 is 39.1 Å². The van der Waals surface area contributed by atoms with Gasteiger partial charge in [-0.15, -0.1) is 0 Å². The van der Waals surface area contributed by atoms with Crippen LogP contribution < -0.4 is 10.6 Å². The average Bonchev–Trinajstić information content (AvgIpc) is 3.08. The number of amides is 2. The second-order valence-electron chi connectivity index (χ2n) is 11.2. The number of fused-ring (bicyclic) bond motifs is 1. The maximum atomic E-state index is 13.1. The summed E-state index contributed by atoms with van der Waals surface area (Å²) in [6.45, 7) is 3.61. The molecule has 2 N–H and O–H groups in total. The highest BCUT2D eigenvalue weighted by molar-refractivity contribution is 5.81. The van der Waals surface area contributed by atoms with Crippen LogP contribution in [0.4, 0.5) is 0 Å². The first-order chi connectivity index (χ1) is 22.4. The summed E-state index contributed by atoms with van der Waals surface area (Å²) in [7, 11) is 0. The predicted octanol–water partition coefficient (Wildman–Crippen LogP) is 3.57. The van der Waals surface area contributed by atoms with Crippen molar-refractivity contribution in [2.24, 2.45) is 0 Å². The molecule has 2 fully saturated rings. The molecule has 5 rings (SSSR count). The summed E-state index contributed by atoms with van der Waals surface area (Å²) in [6, 6.07) is 27.6. The van der Waals surface area contributed by atoms with Crippen LogP contribution in [0, 0.1) is 0 Å². The fourth-order valence-electron chi connectivity index (χ4n) is 5.34. The highest BCUT2D eigenvalue weighted by Gasteiger charge is 2.52. The Hall–Kier alpha value is -4.13. The van der Waals surface area contributed by atoms with Gasteiger partial charge in [0.05, 0.1) is 19.6 Å². The molecular formula is C35H40N2O9. The maximum Gasteiger partial charge on any atom is 0.307 e. The van der Waals surface area contributed by atoms with Crippen molar-refractivity contribution in [1.82, 2.24) is 10.6 Å². The predicted molar refractivity (Wildman–Crippen MR) is 166 cm³/mol. The second kappa shape index (κ2) is 16.4. The lowest BCUT2D eigenvalue weighted by molar-refractivity contribution is -0.351. The molecule has 4 unspecified atom stereocenters. The quantitative estimate of drug-likeness (QED) is 0.272. The lowest BCUT2D eigenvalue weighted by Crippen LogP contribution is -2.68. The Morgan fingerprint density at radius 1 is 0.870 bits per heavy atom. The fourth-order valence-corrected chi connectivity index (χ4v) is 5.34. The van der Waals surface area contributed by atoms with E-state index in [4.69, 9.17) is 28.4 Å². The Bertz CT molecular complexity index is 1410. The van der Waals surface area contributed by atoms with E-state index in [9.17, 15) is 14.4 Å². The monoisotopic (exact) mass is 632 g/mol. The molecule has 0 aromatic heterocycles. The van der Waals surface area contributed by atoms with Crippen LogP contribution in [0.25, 0.3) is 0 Å². The van der Waals surface area contributed by atoms with Crippen molar-refractivity contribution in [2.75, 3.05) is 13.2 Å². The van der Waals surface area contributed by atoms with Crippen LogP contribution in [0.1, 0.15) is 43.2 Å². The highest BCUT2D eigenvalue weighted by atomic mass is 16.8. The molecule has 11 nitrogen and oxygen atoms in total. The van der Waals surface area contributed by atoms with E-state index in [1.54, 1.807) is 6.92 Å². The molecule has 0 aliphatic carbocycles. The first kappa shape index (κ1) is 33.2. The number of ether oxygens (including phenoxy) is 6. The molecule has 7 atom stereocenters. The van der Waals surface area contributed by atoms with Crippen LogP contribution >= 0.6 is 0 Å². The molecule has 2 heterocycles. The third-order valence-corrected chi connectivity index (χ3v) is 7.64. The summed E-state index contributed by atoms with van der Waals surface area (Å²) >= 11 is 0. The lowest BCUT2D eigenvalue weighted by Gasteiger charge is -2.49. The number of nitrogens with one attached hydrogen (secondary N) is 2. The van der Waals surface area contributed by atoms with Gasteiger partial charge in [-0.25, -0.2) is 0 Å². The van der Waals surface area contributed by atoms with Gasteiger partial charge in [-0.05, 0) is 18.1 Å². The van der Waals surface area contributed by atoms with Crippen LogP contribution in [-0.4, -0.2) is 67.7 Å². The molecule has 0 radical (unpaired) electrons. The van der Waals surface area contributed by atoms with Gasteiger partial charge in [0.1, 0.15) is 37.1 Å². The zero-order valence-corrected chi connectivity index (χ0v) is 25.9. The second-order valence-corrected chi connectivity index (χ2v) is 11.2. The molecule has 3 aromatic carbocycles. The Labute approximate surface area is 268 Å². The molecule has 2 amide bonds. The first-order valence-corrected chi connectivity index (χ1v) is 15.4. The van der Waals surface area contributed by atoms with Crippen LogP contribution in [-0.2, 0) is 56.0 Å². The maximum absolute atomic E-state index is 13.1. The van der Waals surface area contributed by atoms with Gasteiger partial charge in [-0.2, -0.15) is 0 Å². The molecule has 2 saturated heterocycles. The normalized spacial score (nSPS) is 24.7. The third-order valence-electron chi connectivity index (χ3n) is 7.64. The average molecular weight is 633 g/mol. The van der Waals surface area contributed by atoms with E-state index in [0.717, 1.165) is 16.7 Å². The van der Waals surface area contributed by atoms with Gasteiger partial charge in [0.2, 0.25) is 11.8 Å². The van der Waals surface area contributed by atoms with E-state index in [2.05, 4.69) is 10.6 Å². The zero-order chi connectivity index (χ0) is 32.3. The van der Waals surface area contributed by atoms with E-state index in [0.29, 0.717) is 0 Å². The number of hydrogen-bond donors (Lipinski definition) is 2. The van der Waals surface area contributed by atoms with Gasteiger partial charge in [-0.3, -0.25) is 14.4 Å². The summed E-state index contributed by atoms with van der Waals surface area (Å²) in [4.78, 5) is 37.8. The Morgan fingerprint density at radius 3 is 2.15 bits per heavy atom. The van der Waals surface area contributed by atoms with Crippen molar-refractivity contribution in [3.8, 4) is 0 Å². The third kappa shape index (κ3) is 9.21. The minimum Gasteiger partial charge on any atom is -0.461 e.